The zero-order valence-electron chi connectivity index (χ0n) is 9.56. The zero-order chi connectivity index (χ0) is 12.0. The standard InChI is InChI=1S/C14H15BrClF/c15-8-14(5-9-3-10(9)6-14)7-11-4-12(17)1-2-13(11)16/h1-2,4,9-10H,3,5-8H2. The number of benzene rings is 1. The van der Waals surface area contributed by atoms with Crippen molar-refractivity contribution in [3.63, 3.8) is 0 Å². The molecule has 92 valence electrons. The van der Waals surface area contributed by atoms with Gasteiger partial charge in [-0.3, -0.25) is 0 Å². The molecule has 0 spiro atoms. The van der Waals surface area contributed by atoms with Gasteiger partial charge in [-0.2, -0.15) is 0 Å². The number of halogens is 3. The van der Waals surface area contributed by atoms with Crippen molar-refractivity contribution in [2.24, 2.45) is 17.3 Å². The third kappa shape index (κ3) is 2.26. The first-order chi connectivity index (χ1) is 8.12. The molecule has 0 bridgehead atoms. The summed E-state index contributed by atoms with van der Waals surface area (Å²) in [7, 11) is 0. The van der Waals surface area contributed by atoms with Crippen molar-refractivity contribution in [3.05, 3.63) is 34.6 Å². The van der Waals surface area contributed by atoms with E-state index in [4.69, 9.17) is 11.6 Å². The Morgan fingerprint density at radius 2 is 2.06 bits per heavy atom. The van der Waals surface area contributed by atoms with E-state index in [1.54, 1.807) is 12.1 Å². The number of hydrogen-bond donors (Lipinski definition) is 0. The average molecular weight is 318 g/mol. The van der Waals surface area contributed by atoms with Crippen LogP contribution in [-0.2, 0) is 6.42 Å². The number of alkyl halides is 1. The highest BCUT2D eigenvalue weighted by molar-refractivity contribution is 9.09. The summed E-state index contributed by atoms with van der Waals surface area (Å²) in [5.74, 6) is 1.68. The molecule has 0 N–H and O–H groups in total. The van der Waals surface area contributed by atoms with E-state index in [2.05, 4.69) is 15.9 Å². The van der Waals surface area contributed by atoms with E-state index in [9.17, 15) is 4.39 Å². The predicted molar refractivity (Wildman–Crippen MR) is 72.2 cm³/mol. The summed E-state index contributed by atoms with van der Waals surface area (Å²) in [6.45, 7) is 0. The van der Waals surface area contributed by atoms with Crippen LogP contribution in [0, 0.1) is 23.1 Å². The fourth-order valence-electron chi connectivity index (χ4n) is 3.39. The first kappa shape index (κ1) is 12.0. The van der Waals surface area contributed by atoms with Crippen LogP contribution < -0.4 is 0 Å². The molecular weight excluding hydrogens is 303 g/mol. The van der Waals surface area contributed by atoms with Gasteiger partial charge in [0, 0.05) is 10.4 Å². The molecule has 3 heteroatoms. The van der Waals surface area contributed by atoms with Gasteiger partial charge in [0.2, 0.25) is 0 Å². The first-order valence-corrected chi connectivity index (χ1v) is 7.62. The fourth-order valence-corrected chi connectivity index (χ4v) is 4.23. The quantitative estimate of drug-likeness (QED) is 0.700. The second-order valence-electron chi connectivity index (χ2n) is 5.71. The summed E-state index contributed by atoms with van der Waals surface area (Å²) in [5, 5.41) is 1.70. The molecule has 2 saturated carbocycles. The smallest absolute Gasteiger partial charge is 0.123 e. The molecule has 2 atom stereocenters. The van der Waals surface area contributed by atoms with Crippen molar-refractivity contribution >= 4 is 27.5 Å². The predicted octanol–water partition coefficient (Wildman–Crippen LogP) is 4.83. The van der Waals surface area contributed by atoms with Crippen LogP contribution in [0.5, 0.6) is 0 Å². The van der Waals surface area contributed by atoms with Gasteiger partial charge in [0.25, 0.3) is 0 Å². The Morgan fingerprint density at radius 3 is 2.71 bits per heavy atom. The van der Waals surface area contributed by atoms with Gasteiger partial charge in [-0.05, 0) is 66.7 Å². The van der Waals surface area contributed by atoms with Gasteiger partial charge in [-0.1, -0.05) is 27.5 Å². The van der Waals surface area contributed by atoms with Crippen LogP contribution in [0.15, 0.2) is 18.2 Å². The van der Waals surface area contributed by atoms with Crippen LogP contribution in [0.1, 0.15) is 24.8 Å². The highest BCUT2D eigenvalue weighted by Gasteiger charge is 2.53. The summed E-state index contributed by atoms with van der Waals surface area (Å²) in [6.07, 6.45) is 4.86. The topological polar surface area (TPSA) is 0 Å². The SMILES string of the molecule is Fc1ccc(Cl)c(CC2(CBr)CC3CC3C2)c1. The third-order valence-electron chi connectivity index (χ3n) is 4.32. The van der Waals surface area contributed by atoms with E-state index in [0.717, 1.165) is 29.2 Å². The summed E-state index contributed by atoms with van der Waals surface area (Å²) >= 11 is 9.80. The molecule has 2 fully saturated rings. The minimum absolute atomic E-state index is 0.183. The lowest BCUT2D eigenvalue weighted by atomic mass is 9.79. The van der Waals surface area contributed by atoms with Gasteiger partial charge < -0.3 is 0 Å². The van der Waals surface area contributed by atoms with Crippen LogP contribution in [0.3, 0.4) is 0 Å². The third-order valence-corrected chi connectivity index (χ3v) is 5.87. The van der Waals surface area contributed by atoms with Crippen LogP contribution in [0.2, 0.25) is 5.02 Å². The Balaban J connectivity index is 1.83. The van der Waals surface area contributed by atoms with E-state index in [-0.39, 0.29) is 5.82 Å². The average Bonchev–Trinajstić information content (AvgIpc) is 2.92. The highest BCUT2D eigenvalue weighted by atomic mass is 79.9. The molecule has 0 aliphatic heterocycles. The monoisotopic (exact) mass is 316 g/mol. The Hall–Kier alpha value is -0.0800. The highest BCUT2D eigenvalue weighted by Crippen LogP contribution is 2.61. The van der Waals surface area contributed by atoms with Gasteiger partial charge in [-0.15, -0.1) is 0 Å². The Bertz CT molecular complexity index is 436. The molecule has 0 heterocycles. The lowest BCUT2D eigenvalue weighted by Crippen LogP contribution is -2.24. The van der Waals surface area contributed by atoms with Crippen molar-refractivity contribution in [2.45, 2.75) is 25.7 Å². The van der Waals surface area contributed by atoms with Crippen molar-refractivity contribution in [1.82, 2.24) is 0 Å². The minimum atomic E-state index is -0.183. The molecule has 17 heavy (non-hydrogen) atoms. The van der Waals surface area contributed by atoms with Crippen molar-refractivity contribution < 1.29 is 4.39 Å². The molecule has 2 aliphatic rings. The first-order valence-electron chi connectivity index (χ1n) is 6.12. The van der Waals surface area contributed by atoms with E-state index in [0.29, 0.717) is 10.4 Å². The normalized spacial score (nSPS) is 34.8. The largest absolute Gasteiger partial charge is 0.207 e. The van der Waals surface area contributed by atoms with Crippen molar-refractivity contribution in [1.29, 1.82) is 0 Å². The van der Waals surface area contributed by atoms with E-state index >= 15 is 0 Å². The molecule has 1 aromatic rings. The van der Waals surface area contributed by atoms with Gasteiger partial charge in [0.15, 0.2) is 0 Å². The maximum absolute atomic E-state index is 13.3. The molecule has 2 unspecified atom stereocenters. The molecule has 1 aromatic carbocycles. The van der Waals surface area contributed by atoms with Crippen LogP contribution in [-0.4, -0.2) is 5.33 Å². The molecular formula is C14H15BrClF. The van der Waals surface area contributed by atoms with Crippen molar-refractivity contribution in [2.75, 3.05) is 5.33 Å². The Kier molecular flexibility index (Phi) is 2.99. The van der Waals surface area contributed by atoms with Crippen LogP contribution >= 0.6 is 27.5 Å². The van der Waals surface area contributed by atoms with E-state index in [1.807, 2.05) is 0 Å². The fraction of sp³-hybridized carbons (Fsp3) is 0.571. The molecule has 0 aromatic heterocycles. The molecule has 3 rings (SSSR count). The second-order valence-corrected chi connectivity index (χ2v) is 6.68. The summed E-state index contributed by atoms with van der Waals surface area (Å²) in [6, 6.07) is 4.69. The zero-order valence-corrected chi connectivity index (χ0v) is 11.9. The molecule has 0 saturated heterocycles. The molecule has 0 radical (unpaired) electrons. The molecule has 2 aliphatic carbocycles. The summed E-state index contributed by atoms with van der Waals surface area (Å²) in [5.41, 5.74) is 1.28. The summed E-state index contributed by atoms with van der Waals surface area (Å²) in [4.78, 5) is 0. The van der Waals surface area contributed by atoms with Crippen LogP contribution in [0.25, 0.3) is 0 Å². The lowest BCUT2D eigenvalue weighted by Gasteiger charge is -2.29. The number of hydrogen-bond acceptors (Lipinski definition) is 0. The van der Waals surface area contributed by atoms with Crippen molar-refractivity contribution in [3.8, 4) is 0 Å². The Labute approximate surface area is 115 Å². The molecule has 0 amide bonds. The van der Waals surface area contributed by atoms with Gasteiger partial charge in [-0.25, -0.2) is 4.39 Å². The molecule has 0 nitrogen and oxygen atoms in total. The van der Waals surface area contributed by atoms with Crippen LogP contribution in [0.4, 0.5) is 4.39 Å². The van der Waals surface area contributed by atoms with Gasteiger partial charge in [0.1, 0.15) is 5.82 Å². The number of fused-ring (bicyclic) bond motifs is 1. The van der Waals surface area contributed by atoms with Gasteiger partial charge in [0.05, 0.1) is 0 Å². The second kappa shape index (κ2) is 4.24. The lowest BCUT2D eigenvalue weighted by molar-refractivity contribution is 0.308. The summed E-state index contributed by atoms with van der Waals surface area (Å²) < 4.78 is 13.3. The van der Waals surface area contributed by atoms with E-state index < -0.39 is 0 Å². The maximum atomic E-state index is 13.3. The minimum Gasteiger partial charge on any atom is -0.207 e. The van der Waals surface area contributed by atoms with E-state index in [1.165, 1.54) is 25.3 Å². The maximum Gasteiger partial charge on any atom is 0.123 e. The Morgan fingerprint density at radius 1 is 1.35 bits per heavy atom. The van der Waals surface area contributed by atoms with Gasteiger partial charge >= 0.3 is 0 Å². The number of rotatable bonds is 3.